The topological polar surface area (TPSA) is 78.7 Å². The van der Waals surface area contributed by atoms with E-state index >= 15 is 0 Å². The maximum atomic E-state index is 12.7. The van der Waals surface area contributed by atoms with Gasteiger partial charge < -0.3 is 16.0 Å². The lowest BCUT2D eigenvalue weighted by molar-refractivity contribution is -0.140. The minimum Gasteiger partial charge on any atom is -0.355 e. The molecule has 6 nitrogen and oxygen atoms in total. The normalized spacial score (nSPS) is 30.1. The van der Waals surface area contributed by atoms with Gasteiger partial charge in [-0.25, -0.2) is 0 Å². The van der Waals surface area contributed by atoms with Crippen molar-refractivity contribution in [1.82, 2.24) is 15.1 Å². The Hall–Kier alpha value is -1.14. The minimum absolute atomic E-state index is 0.0452. The summed E-state index contributed by atoms with van der Waals surface area (Å²) in [7, 11) is 0. The Labute approximate surface area is 133 Å². The van der Waals surface area contributed by atoms with E-state index in [0.717, 1.165) is 38.8 Å². The highest BCUT2D eigenvalue weighted by Gasteiger charge is 2.40. The Morgan fingerprint density at radius 1 is 1.23 bits per heavy atom. The standard InChI is InChI=1S/C16H30N4O2/c1-3-18-14(21)12-19-8-10-20(11-9-19)15(22)13-6-4-5-7-16(13,2)17/h13H,3-12,17H2,1-2H3,(H,18,21). The summed E-state index contributed by atoms with van der Waals surface area (Å²) in [5.41, 5.74) is 5.98. The molecule has 0 bridgehead atoms. The molecule has 0 spiro atoms. The first kappa shape index (κ1) is 17.2. The monoisotopic (exact) mass is 310 g/mol. The molecular weight excluding hydrogens is 280 g/mol. The van der Waals surface area contributed by atoms with Crippen LogP contribution in [0.1, 0.15) is 39.5 Å². The third kappa shape index (κ3) is 4.20. The fraction of sp³-hybridized carbons (Fsp3) is 0.875. The van der Waals surface area contributed by atoms with Gasteiger partial charge >= 0.3 is 0 Å². The Bertz CT molecular complexity index is 403. The summed E-state index contributed by atoms with van der Waals surface area (Å²) in [5.74, 6) is 0.225. The van der Waals surface area contributed by atoms with Crippen molar-refractivity contribution in [3.05, 3.63) is 0 Å². The molecule has 0 aromatic rings. The zero-order chi connectivity index (χ0) is 16.2. The van der Waals surface area contributed by atoms with Crippen LogP contribution < -0.4 is 11.1 Å². The molecule has 1 aliphatic carbocycles. The Kier molecular flexibility index (Phi) is 5.81. The second-order valence-corrected chi connectivity index (χ2v) is 6.86. The van der Waals surface area contributed by atoms with Crippen LogP contribution in [-0.4, -0.2) is 66.4 Å². The molecule has 2 rings (SSSR count). The van der Waals surface area contributed by atoms with Crippen molar-refractivity contribution >= 4 is 11.8 Å². The van der Waals surface area contributed by atoms with Crippen LogP contribution >= 0.6 is 0 Å². The van der Waals surface area contributed by atoms with Crippen LogP contribution in [0.4, 0.5) is 0 Å². The molecule has 1 heterocycles. The number of carbonyl (C=O) groups excluding carboxylic acids is 2. The highest BCUT2D eigenvalue weighted by molar-refractivity contribution is 5.80. The molecule has 2 fully saturated rings. The summed E-state index contributed by atoms with van der Waals surface area (Å²) in [6.07, 6.45) is 4.06. The molecule has 2 amide bonds. The van der Waals surface area contributed by atoms with E-state index in [1.807, 2.05) is 18.7 Å². The lowest BCUT2D eigenvalue weighted by Crippen LogP contribution is -2.57. The summed E-state index contributed by atoms with van der Waals surface area (Å²) in [4.78, 5) is 28.4. The van der Waals surface area contributed by atoms with Gasteiger partial charge in [0.1, 0.15) is 0 Å². The van der Waals surface area contributed by atoms with E-state index in [0.29, 0.717) is 26.2 Å². The third-order valence-electron chi connectivity index (χ3n) is 4.98. The number of carbonyl (C=O) groups is 2. The fourth-order valence-electron chi connectivity index (χ4n) is 3.57. The molecule has 1 aliphatic heterocycles. The van der Waals surface area contributed by atoms with Crippen LogP contribution in [0.15, 0.2) is 0 Å². The largest absolute Gasteiger partial charge is 0.355 e. The second-order valence-electron chi connectivity index (χ2n) is 6.86. The van der Waals surface area contributed by atoms with Gasteiger partial charge in [0.15, 0.2) is 0 Å². The minimum atomic E-state index is -0.368. The number of nitrogens with two attached hydrogens (primary N) is 1. The third-order valence-corrected chi connectivity index (χ3v) is 4.98. The molecular formula is C16H30N4O2. The van der Waals surface area contributed by atoms with Gasteiger partial charge in [-0.1, -0.05) is 12.8 Å². The van der Waals surface area contributed by atoms with E-state index in [2.05, 4.69) is 10.2 Å². The molecule has 2 unspecified atom stereocenters. The quantitative estimate of drug-likeness (QED) is 0.776. The fourth-order valence-corrected chi connectivity index (χ4v) is 3.57. The number of hydrogen-bond acceptors (Lipinski definition) is 4. The summed E-state index contributed by atoms with van der Waals surface area (Å²) in [6, 6.07) is 0. The average molecular weight is 310 g/mol. The van der Waals surface area contributed by atoms with Crippen molar-refractivity contribution in [3.63, 3.8) is 0 Å². The van der Waals surface area contributed by atoms with Gasteiger partial charge in [-0.3, -0.25) is 14.5 Å². The molecule has 3 N–H and O–H groups in total. The van der Waals surface area contributed by atoms with Gasteiger partial charge in [0.25, 0.3) is 0 Å². The SMILES string of the molecule is CCNC(=O)CN1CCN(C(=O)C2CCCCC2(C)N)CC1. The first-order chi connectivity index (χ1) is 10.4. The Morgan fingerprint density at radius 3 is 2.50 bits per heavy atom. The molecule has 126 valence electrons. The molecule has 1 saturated heterocycles. The smallest absolute Gasteiger partial charge is 0.234 e. The molecule has 22 heavy (non-hydrogen) atoms. The Morgan fingerprint density at radius 2 is 1.91 bits per heavy atom. The van der Waals surface area contributed by atoms with Crippen molar-refractivity contribution in [2.24, 2.45) is 11.7 Å². The maximum Gasteiger partial charge on any atom is 0.234 e. The number of hydrogen-bond donors (Lipinski definition) is 2. The lowest BCUT2D eigenvalue weighted by atomic mass is 9.74. The summed E-state index contributed by atoms with van der Waals surface area (Å²) in [6.45, 7) is 7.94. The van der Waals surface area contributed by atoms with E-state index < -0.39 is 0 Å². The highest BCUT2D eigenvalue weighted by atomic mass is 16.2. The maximum absolute atomic E-state index is 12.7. The van der Waals surface area contributed by atoms with Gasteiger partial charge in [-0.05, 0) is 26.7 Å². The first-order valence-corrected chi connectivity index (χ1v) is 8.51. The lowest BCUT2D eigenvalue weighted by Gasteiger charge is -2.42. The zero-order valence-corrected chi connectivity index (χ0v) is 13.9. The predicted octanol–water partition coefficient (Wildman–Crippen LogP) is 0.174. The number of nitrogens with one attached hydrogen (secondary N) is 1. The van der Waals surface area contributed by atoms with Crippen molar-refractivity contribution in [2.45, 2.75) is 45.1 Å². The molecule has 0 aromatic carbocycles. The number of nitrogens with zero attached hydrogens (tertiary/aromatic N) is 2. The van der Waals surface area contributed by atoms with Crippen molar-refractivity contribution in [2.75, 3.05) is 39.3 Å². The van der Waals surface area contributed by atoms with E-state index in [-0.39, 0.29) is 23.3 Å². The molecule has 0 aromatic heterocycles. The number of likely N-dealkylation sites (N-methyl/N-ethyl adjacent to an activating group) is 1. The van der Waals surface area contributed by atoms with Crippen LogP contribution in [0.3, 0.4) is 0 Å². The summed E-state index contributed by atoms with van der Waals surface area (Å²) >= 11 is 0. The Balaban J connectivity index is 1.83. The van der Waals surface area contributed by atoms with Crippen molar-refractivity contribution in [1.29, 1.82) is 0 Å². The molecule has 2 atom stereocenters. The zero-order valence-electron chi connectivity index (χ0n) is 13.9. The van der Waals surface area contributed by atoms with Gasteiger partial charge in [0, 0.05) is 38.3 Å². The molecule has 0 radical (unpaired) electrons. The van der Waals surface area contributed by atoms with Crippen LogP contribution in [0, 0.1) is 5.92 Å². The molecule has 6 heteroatoms. The number of amides is 2. The van der Waals surface area contributed by atoms with E-state index in [4.69, 9.17) is 5.73 Å². The van der Waals surface area contributed by atoms with E-state index in [9.17, 15) is 9.59 Å². The molecule has 1 saturated carbocycles. The predicted molar refractivity (Wildman–Crippen MR) is 86.3 cm³/mol. The molecule has 2 aliphatic rings. The van der Waals surface area contributed by atoms with E-state index in [1.165, 1.54) is 0 Å². The van der Waals surface area contributed by atoms with Crippen molar-refractivity contribution in [3.8, 4) is 0 Å². The van der Waals surface area contributed by atoms with Gasteiger partial charge in [-0.2, -0.15) is 0 Å². The average Bonchev–Trinajstić information content (AvgIpc) is 2.47. The number of rotatable bonds is 4. The van der Waals surface area contributed by atoms with Gasteiger partial charge in [0.05, 0.1) is 12.5 Å². The first-order valence-electron chi connectivity index (χ1n) is 8.51. The summed E-state index contributed by atoms with van der Waals surface area (Å²) in [5, 5.41) is 2.81. The van der Waals surface area contributed by atoms with Crippen LogP contribution in [0.2, 0.25) is 0 Å². The van der Waals surface area contributed by atoms with Crippen LogP contribution in [0.5, 0.6) is 0 Å². The second kappa shape index (κ2) is 7.42. The highest BCUT2D eigenvalue weighted by Crippen LogP contribution is 2.33. The summed E-state index contributed by atoms with van der Waals surface area (Å²) < 4.78 is 0. The number of piperazine rings is 1. The van der Waals surface area contributed by atoms with Crippen molar-refractivity contribution < 1.29 is 9.59 Å². The van der Waals surface area contributed by atoms with Crippen LogP contribution in [-0.2, 0) is 9.59 Å². The van der Waals surface area contributed by atoms with Gasteiger partial charge in [0.2, 0.25) is 11.8 Å². The van der Waals surface area contributed by atoms with Crippen LogP contribution in [0.25, 0.3) is 0 Å². The van der Waals surface area contributed by atoms with E-state index in [1.54, 1.807) is 0 Å². The van der Waals surface area contributed by atoms with Gasteiger partial charge in [-0.15, -0.1) is 0 Å².